The molecule has 37 heavy (non-hydrogen) atoms. The predicted molar refractivity (Wildman–Crippen MR) is 151 cm³/mol. The van der Waals surface area contributed by atoms with E-state index in [0.29, 0.717) is 17.8 Å². The fraction of sp³-hybridized carbons (Fsp3) is 0.700. The molecule has 1 rings (SSSR count). The molecule has 0 aliphatic carbocycles. The maximum Gasteiger partial charge on any atom is 0.325 e. The Balaban J connectivity index is 2.20. The molecule has 7 heteroatoms. The Morgan fingerprint density at radius 1 is 0.703 bits per heavy atom. The molecule has 210 valence electrons. The second-order valence-corrected chi connectivity index (χ2v) is 9.81. The molecule has 0 fully saturated rings. The summed E-state index contributed by atoms with van der Waals surface area (Å²) in [6.07, 6.45) is 19.9. The fourth-order valence-corrected chi connectivity index (χ4v) is 4.34. The average Bonchev–Trinajstić information content (AvgIpc) is 2.90. The lowest BCUT2D eigenvalue weighted by Crippen LogP contribution is -2.35. The van der Waals surface area contributed by atoms with Crippen LogP contribution in [0.1, 0.15) is 110 Å². The molecular weight excluding hydrogens is 468 g/mol. The van der Waals surface area contributed by atoms with Gasteiger partial charge in [-0.3, -0.25) is 14.4 Å². The van der Waals surface area contributed by atoms with Gasteiger partial charge in [0.2, 0.25) is 5.91 Å². The van der Waals surface area contributed by atoms with Gasteiger partial charge in [0.1, 0.15) is 13.1 Å². The zero-order valence-electron chi connectivity index (χ0n) is 23.5. The number of nitrogens with zero attached hydrogens (tertiary/aromatic N) is 1. The maximum atomic E-state index is 12.4. The normalized spacial score (nSPS) is 10.7. The van der Waals surface area contributed by atoms with Crippen molar-refractivity contribution >= 4 is 29.2 Å². The van der Waals surface area contributed by atoms with Gasteiger partial charge in [-0.15, -0.1) is 0 Å². The van der Waals surface area contributed by atoms with Crippen LogP contribution < -0.4 is 10.2 Å². The number of hydrogen-bond acceptors (Lipinski definition) is 6. The highest BCUT2D eigenvalue weighted by Crippen LogP contribution is 2.20. The van der Waals surface area contributed by atoms with Crippen LogP contribution in [0.3, 0.4) is 0 Å². The van der Waals surface area contributed by atoms with Crippen LogP contribution in [0.2, 0.25) is 0 Å². The Bertz CT molecular complexity index is 750. The molecule has 0 aliphatic heterocycles. The first-order chi connectivity index (χ1) is 18.0. The third-order valence-electron chi connectivity index (χ3n) is 6.60. The van der Waals surface area contributed by atoms with Crippen molar-refractivity contribution in [2.24, 2.45) is 0 Å². The van der Waals surface area contributed by atoms with Crippen LogP contribution in [0.25, 0.3) is 0 Å². The Morgan fingerprint density at radius 2 is 1.16 bits per heavy atom. The standard InChI is InChI=1S/C30H50N2O5/c1-4-5-6-7-8-9-10-11-12-13-14-15-16-17-18-22-28(33)31-26-20-19-21-27(23-26)32(24-29(34)36-2)25-30(35)37-3/h19-21,23H,4-18,22,24-25H2,1-3H3,(H,31,33). The van der Waals surface area contributed by atoms with Crippen LogP contribution in [0.15, 0.2) is 24.3 Å². The summed E-state index contributed by atoms with van der Waals surface area (Å²) in [5.41, 5.74) is 1.25. The Labute approximate surface area is 224 Å². The van der Waals surface area contributed by atoms with Crippen LogP contribution in [-0.2, 0) is 23.9 Å². The molecule has 0 unspecified atom stereocenters. The van der Waals surface area contributed by atoms with Crippen molar-refractivity contribution < 1.29 is 23.9 Å². The van der Waals surface area contributed by atoms with Crippen molar-refractivity contribution in [2.75, 3.05) is 37.5 Å². The highest BCUT2D eigenvalue weighted by atomic mass is 16.5. The van der Waals surface area contributed by atoms with Gasteiger partial charge in [0.25, 0.3) is 0 Å². The third kappa shape index (κ3) is 16.7. The molecule has 0 saturated carbocycles. The minimum Gasteiger partial charge on any atom is -0.468 e. The van der Waals surface area contributed by atoms with Crippen LogP contribution in [0.4, 0.5) is 11.4 Å². The largest absolute Gasteiger partial charge is 0.468 e. The van der Waals surface area contributed by atoms with Crippen molar-refractivity contribution in [3.63, 3.8) is 0 Å². The summed E-state index contributed by atoms with van der Waals surface area (Å²) in [4.78, 5) is 37.5. The molecule has 1 N–H and O–H groups in total. The number of rotatable bonds is 22. The van der Waals surface area contributed by atoms with Gasteiger partial charge >= 0.3 is 11.9 Å². The number of unbranched alkanes of at least 4 members (excludes halogenated alkanes) is 14. The van der Waals surface area contributed by atoms with Gasteiger partial charge in [-0.2, -0.15) is 0 Å². The first-order valence-corrected chi connectivity index (χ1v) is 14.3. The van der Waals surface area contributed by atoms with Gasteiger partial charge in [-0.25, -0.2) is 0 Å². The maximum absolute atomic E-state index is 12.4. The lowest BCUT2D eigenvalue weighted by atomic mass is 10.0. The van der Waals surface area contributed by atoms with Crippen LogP contribution in [-0.4, -0.2) is 45.2 Å². The Hall–Kier alpha value is -2.57. The molecule has 0 aliphatic rings. The average molecular weight is 519 g/mol. The van der Waals surface area contributed by atoms with E-state index in [-0.39, 0.29) is 19.0 Å². The minimum absolute atomic E-state index is 0.0284. The minimum atomic E-state index is -0.466. The van der Waals surface area contributed by atoms with E-state index in [4.69, 9.17) is 9.47 Å². The topological polar surface area (TPSA) is 84.9 Å². The van der Waals surface area contributed by atoms with Gasteiger partial charge < -0.3 is 19.7 Å². The highest BCUT2D eigenvalue weighted by Gasteiger charge is 2.17. The second-order valence-electron chi connectivity index (χ2n) is 9.81. The summed E-state index contributed by atoms with van der Waals surface area (Å²) in [6.45, 7) is 2.07. The number of carbonyl (C=O) groups excluding carboxylic acids is 3. The number of benzene rings is 1. The van der Waals surface area contributed by atoms with Gasteiger partial charge in [-0.1, -0.05) is 103 Å². The van der Waals surface area contributed by atoms with E-state index in [0.717, 1.165) is 12.8 Å². The van der Waals surface area contributed by atoms with Gasteiger partial charge in [0.15, 0.2) is 0 Å². The number of nitrogens with one attached hydrogen (secondary N) is 1. The van der Waals surface area contributed by atoms with Gasteiger partial charge in [-0.05, 0) is 24.6 Å². The number of hydrogen-bond donors (Lipinski definition) is 1. The molecule has 0 spiro atoms. The van der Waals surface area contributed by atoms with Gasteiger partial charge in [0.05, 0.1) is 14.2 Å². The monoisotopic (exact) mass is 518 g/mol. The molecule has 0 bridgehead atoms. The molecule has 0 atom stereocenters. The van der Waals surface area contributed by atoms with Crippen LogP contribution in [0, 0.1) is 0 Å². The number of methoxy groups -OCH3 is 2. The Kier molecular flexibility index (Phi) is 18.9. The van der Waals surface area contributed by atoms with E-state index >= 15 is 0 Å². The second kappa shape index (κ2) is 21.5. The molecule has 1 amide bonds. The first kappa shape index (κ1) is 32.5. The van der Waals surface area contributed by atoms with Crippen molar-refractivity contribution in [1.29, 1.82) is 0 Å². The Morgan fingerprint density at radius 3 is 1.62 bits per heavy atom. The van der Waals surface area contributed by atoms with E-state index in [9.17, 15) is 14.4 Å². The SMILES string of the molecule is CCCCCCCCCCCCCCCCCC(=O)Nc1cccc(N(CC(=O)OC)CC(=O)OC)c1. The van der Waals surface area contributed by atoms with Gasteiger partial charge in [0, 0.05) is 17.8 Å². The zero-order valence-corrected chi connectivity index (χ0v) is 23.5. The lowest BCUT2D eigenvalue weighted by Gasteiger charge is -2.22. The molecule has 1 aromatic carbocycles. The summed E-state index contributed by atoms with van der Waals surface area (Å²) in [7, 11) is 2.60. The summed E-state index contributed by atoms with van der Waals surface area (Å²) in [6, 6.07) is 7.09. The number of carbonyl (C=O) groups is 3. The summed E-state index contributed by atoms with van der Waals surface area (Å²) in [5, 5.41) is 2.92. The zero-order chi connectivity index (χ0) is 27.1. The number of anilines is 2. The number of amides is 1. The molecule has 0 saturated heterocycles. The molecule has 0 radical (unpaired) electrons. The van der Waals surface area contributed by atoms with Crippen molar-refractivity contribution in [3.05, 3.63) is 24.3 Å². The molecular formula is C30H50N2O5. The highest BCUT2D eigenvalue weighted by molar-refractivity contribution is 5.91. The van der Waals surface area contributed by atoms with E-state index in [2.05, 4.69) is 12.2 Å². The fourth-order valence-electron chi connectivity index (χ4n) is 4.34. The van der Waals surface area contributed by atoms with E-state index in [1.807, 2.05) is 0 Å². The lowest BCUT2D eigenvalue weighted by molar-refractivity contribution is -0.140. The summed E-state index contributed by atoms with van der Waals surface area (Å²) in [5.74, 6) is -0.961. The molecule has 1 aromatic rings. The molecule has 0 heterocycles. The number of esters is 2. The molecule has 7 nitrogen and oxygen atoms in total. The number of ether oxygens (including phenoxy) is 2. The predicted octanol–water partition coefficient (Wildman–Crippen LogP) is 7.04. The third-order valence-corrected chi connectivity index (χ3v) is 6.60. The summed E-state index contributed by atoms with van der Waals surface area (Å²) < 4.78 is 9.46. The smallest absolute Gasteiger partial charge is 0.325 e. The quantitative estimate of drug-likeness (QED) is 0.131. The van der Waals surface area contributed by atoms with Crippen molar-refractivity contribution in [1.82, 2.24) is 0 Å². The van der Waals surface area contributed by atoms with Crippen molar-refractivity contribution in [2.45, 2.75) is 110 Å². The van der Waals surface area contributed by atoms with E-state index < -0.39 is 11.9 Å². The van der Waals surface area contributed by atoms with E-state index in [1.54, 1.807) is 29.2 Å². The van der Waals surface area contributed by atoms with Crippen molar-refractivity contribution in [3.8, 4) is 0 Å². The van der Waals surface area contributed by atoms with E-state index in [1.165, 1.54) is 97.7 Å². The van der Waals surface area contributed by atoms with Crippen LogP contribution >= 0.6 is 0 Å². The first-order valence-electron chi connectivity index (χ1n) is 14.3. The molecule has 0 aromatic heterocycles. The van der Waals surface area contributed by atoms with Crippen LogP contribution in [0.5, 0.6) is 0 Å². The summed E-state index contributed by atoms with van der Waals surface area (Å²) >= 11 is 0.